The first-order chi connectivity index (χ1) is 16.5. The van der Waals surface area contributed by atoms with Crippen LogP contribution in [0.4, 0.5) is 0 Å². The number of thiazole rings is 1. The Kier molecular flexibility index (Phi) is 7.87. The van der Waals surface area contributed by atoms with Crippen LogP contribution in [-0.4, -0.2) is 38.8 Å². The van der Waals surface area contributed by atoms with Crippen molar-refractivity contribution in [3.63, 3.8) is 0 Å². The van der Waals surface area contributed by atoms with Gasteiger partial charge in [0, 0.05) is 36.0 Å². The van der Waals surface area contributed by atoms with Gasteiger partial charge >= 0.3 is 0 Å². The molecule has 2 aromatic carbocycles. The summed E-state index contributed by atoms with van der Waals surface area (Å²) in [6.45, 7) is 5.60. The third kappa shape index (κ3) is 5.98. The summed E-state index contributed by atoms with van der Waals surface area (Å²) in [5.41, 5.74) is 4.19. The van der Waals surface area contributed by atoms with E-state index >= 15 is 0 Å². The van der Waals surface area contributed by atoms with E-state index in [0.717, 1.165) is 34.0 Å². The Bertz CT molecular complexity index is 1290. The summed E-state index contributed by atoms with van der Waals surface area (Å²) in [5, 5.41) is 13.3. The molecule has 34 heavy (non-hydrogen) atoms. The van der Waals surface area contributed by atoms with Crippen LogP contribution < -0.4 is 10.1 Å². The van der Waals surface area contributed by atoms with E-state index in [2.05, 4.69) is 50.1 Å². The van der Waals surface area contributed by atoms with E-state index in [1.165, 1.54) is 5.56 Å². The summed E-state index contributed by atoms with van der Waals surface area (Å²) in [7, 11) is 0. The predicted molar refractivity (Wildman–Crippen MR) is 138 cm³/mol. The van der Waals surface area contributed by atoms with Crippen molar-refractivity contribution < 1.29 is 9.53 Å². The molecular weight excluding hydrogens is 466 g/mol. The summed E-state index contributed by atoms with van der Waals surface area (Å²) in [5.74, 6) is 1.49. The van der Waals surface area contributed by atoms with Crippen LogP contribution in [0.1, 0.15) is 23.9 Å². The molecule has 4 aromatic rings. The van der Waals surface area contributed by atoms with Gasteiger partial charge in [-0.2, -0.15) is 5.10 Å². The number of amides is 1. The minimum absolute atomic E-state index is 0.0182. The normalized spacial score (nSPS) is 10.9. The van der Waals surface area contributed by atoms with Crippen LogP contribution >= 0.6 is 23.6 Å². The lowest BCUT2D eigenvalue weighted by molar-refractivity contribution is -0.121. The monoisotopic (exact) mass is 493 g/mol. The van der Waals surface area contributed by atoms with E-state index in [0.29, 0.717) is 36.7 Å². The van der Waals surface area contributed by atoms with E-state index in [9.17, 15) is 4.79 Å². The van der Waals surface area contributed by atoms with Crippen LogP contribution in [0.5, 0.6) is 5.75 Å². The average molecular weight is 494 g/mol. The van der Waals surface area contributed by atoms with Gasteiger partial charge in [0.1, 0.15) is 5.75 Å². The molecular formula is C25H27N5O2S2. The molecule has 0 unspecified atom stereocenters. The van der Waals surface area contributed by atoms with Crippen LogP contribution in [0, 0.1) is 11.7 Å². The molecule has 0 saturated heterocycles. The zero-order valence-corrected chi connectivity index (χ0v) is 20.8. The first kappa shape index (κ1) is 23.8. The number of aromatic amines is 1. The summed E-state index contributed by atoms with van der Waals surface area (Å²) in [6, 6.07) is 16.0. The van der Waals surface area contributed by atoms with Gasteiger partial charge in [-0.25, -0.2) is 4.98 Å². The third-order valence-corrected chi connectivity index (χ3v) is 6.43. The Morgan fingerprint density at radius 3 is 2.56 bits per heavy atom. The number of rotatable bonds is 10. The smallest absolute Gasteiger partial charge is 0.221 e. The topological polar surface area (TPSA) is 84.8 Å². The number of nitrogens with one attached hydrogen (secondary N) is 2. The van der Waals surface area contributed by atoms with Crippen molar-refractivity contribution in [2.45, 2.75) is 33.2 Å². The molecule has 2 heterocycles. The number of carbonyl (C=O) groups excluding carboxylic acids is 1. The molecule has 2 aromatic heterocycles. The van der Waals surface area contributed by atoms with Crippen molar-refractivity contribution in [3.8, 4) is 28.4 Å². The van der Waals surface area contributed by atoms with Crippen molar-refractivity contribution in [1.82, 2.24) is 25.1 Å². The lowest BCUT2D eigenvalue weighted by Crippen LogP contribution is -2.26. The number of nitrogens with zero attached hydrogens (tertiary/aromatic N) is 3. The van der Waals surface area contributed by atoms with Crippen molar-refractivity contribution in [2.75, 3.05) is 13.2 Å². The second-order valence-electron chi connectivity index (χ2n) is 7.76. The maximum absolute atomic E-state index is 12.4. The van der Waals surface area contributed by atoms with Gasteiger partial charge in [-0.1, -0.05) is 24.3 Å². The largest absolute Gasteiger partial charge is 0.494 e. The van der Waals surface area contributed by atoms with Crippen molar-refractivity contribution >= 4 is 29.5 Å². The van der Waals surface area contributed by atoms with Crippen LogP contribution in [0.3, 0.4) is 0 Å². The molecule has 2 N–H and O–H groups in total. The molecule has 1 amide bonds. The Labute approximate surface area is 207 Å². The second-order valence-corrected chi connectivity index (χ2v) is 9.21. The molecule has 0 saturated carbocycles. The molecule has 0 aliphatic rings. The summed E-state index contributed by atoms with van der Waals surface area (Å²) < 4.78 is 7.84. The van der Waals surface area contributed by atoms with E-state index in [-0.39, 0.29) is 5.91 Å². The Morgan fingerprint density at radius 2 is 1.88 bits per heavy atom. The van der Waals surface area contributed by atoms with Gasteiger partial charge in [-0.3, -0.25) is 14.5 Å². The molecule has 0 aliphatic heterocycles. The fraction of sp³-hybridized carbons (Fsp3) is 0.280. The molecule has 4 rings (SSSR count). The highest BCUT2D eigenvalue weighted by Gasteiger charge is 2.11. The maximum Gasteiger partial charge on any atom is 0.221 e. The number of H-pyrrole nitrogens is 1. The predicted octanol–water partition coefficient (Wildman–Crippen LogP) is 5.19. The maximum atomic E-state index is 12.4. The highest BCUT2D eigenvalue weighted by molar-refractivity contribution is 7.71. The van der Waals surface area contributed by atoms with Gasteiger partial charge in [-0.15, -0.1) is 11.3 Å². The minimum atomic E-state index is -0.0182. The van der Waals surface area contributed by atoms with Crippen LogP contribution in [0.15, 0.2) is 53.9 Å². The first-order valence-electron chi connectivity index (χ1n) is 11.2. The van der Waals surface area contributed by atoms with Gasteiger partial charge < -0.3 is 10.1 Å². The minimum Gasteiger partial charge on any atom is -0.494 e. The van der Waals surface area contributed by atoms with E-state index in [1.54, 1.807) is 11.3 Å². The lowest BCUT2D eigenvalue weighted by Gasteiger charge is -2.09. The van der Waals surface area contributed by atoms with Crippen LogP contribution in [0.2, 0.25) is 0 Å². The van der Waals surface area contributed by atoms with Crippen LogP contribution in [0.25, 0.3) is 22.6 Å². The fourth-order valence-electron chi connectivity index (χ4n) is 3.60. The molecule has 0 aliphatic carbocycles. The van der Waals surface area contributed by atoms with Crippen LogP contribution in [-0.2, 0) is 17.8 Å². The molecule has 0 bridgehead atoms. The Hall–Kier alpha value is -3.30. The molecule has 176 valence electrons. The summed E-state index contributed by atoms with van der Waals surface area (Å²) in [4.78, 5) is 17.0. The SMILES string of the molecule is CCOc1ccc(-c2n[nH]c(=S)n2CCC(=O)NCCc2ccc(-c3csc(C)n3)cc2)cc1. The van der Waals surface area contributed by atoms with Crippen molar-refractivity contribution in [1.29, 1.82) is 0 Å². The van der Waals surface area contributed by atoms with Gasteiger partial charge in [0.25, 0.3) is 0 Å². The van der Waals surface area contributed by atoms with Gasteiger partial charge in [0.05, 0.1) is 17.3 Å². The zero-order chi connectivity index (χ0) is 23.9. The molecule has 0 fully saturated rings. The van der Waals surface area contributed by atoms with Gasteiger partial charge in [-0.05, 0) is 62.3 Å². The summed E-state index contributed by atoms with van der Waals surface area (Å²) >= 11 is 7.02. The number of ether oxygens (including phenoxy) is 1. The standard InChI is InChI=1S/C25H27N5O2S2/c1-3-32-21-10-8-20(9-11-21)24-28-29-25(33)30(24)15-13-23(31)26-14-12-18-4-6-19(7-5-18)22-16-34-17(2)27-22/h4-11,16H,3,12-15H2,1-2H3,(H,26,31)(H,29,33). The van der Waals surface area contributed by atoms with Crippen molar-refractivity contribution in [3.05, 3.63) is 69.3 Å². The number of hydrogen-bond acceptors (Lipinski definition) is 6. The number of aryl methyl sites for hydroxylation is 1. The summed E-state index contributed by atoms with van der Waals surface area (Å²) in [6.07, 6.45) is 1.09. The van der Waals surface area contributed by atoms with Gasteiger partial charge in [0.15, 0.2) is 10.6 Å². The number of aromatic nitrogens is 4. The molecule has 0 radical (unpaired) electrons. The van der Waals surface area contributed by atoms with Gasteiger partial charge in [0.2, 0.25) is 5.91 Å². The van der Waals surface area contributed by atoms with E-state index in [4.69, 9.17) is 17.0 Å². The third-order valence-electron chi connectivity index (χ3n) is 5.35. The molecule has 7 nitrogen and oxygen atoms in total. The van der Waals surface area contributed by atoms with E-state index < -0.39 is 0 Å². The molecule has 0 spiro atoms. The quantitative estimate of drug-likeness (QED) is 0.297. The Morgan fingerprint density at radius 1 is 1.15 bits per heavy atom. The average Bonchev–Trinajstić information content (AvgIpc) is 3.44. The van der Waals surface area contributed by atoms with Crippen molar-refractivity contribution in [2.24, 2.45) is 0 Å². The first-order valence-corrected chi connectivity index (χ1v) is 12.5. The molecule has 0 atom stereocenters. The Balaban J connectivity index is 1.27. The van der Waals surface area contributed by atoms with E-state index in [1.807, 2.05) is 42.7 Å². The fourth-order valence-corrected chi connectivity index (χ4v) is 4.44. The molecule has 9 heteroatoms. The zero-order valence-electron chi connectivity index (χ0n) is 19.2. The number of carbonyl (C=O) groups is 1. The second kappa shape index (κ2) is 11.2. The number of benzene rings is 2. The highest BCUT2D eigenvalue weighted by atomic mass is 32.1. The highest BCUT2D eigenvalue weighted by Crippen LogP contribution is 2.22. The lowest BCUT2D eigenvalue weighted by atomic mass is 10.1. The number of hydrogen-bond donors (Lipinski definition) is 2.